The lowest BCUT2D eigenvalue weighted by Crippen LogP contribution is -2.39. The lowest BCUT2D eigenvalue weighted by Gasteiger charge is -2.27. The van der Waals surface area contributed by atoms with Crippen LogP contribution in [0.3, 0.4) is 0 Å². The maximum atomic E-state index is 13.7. The van der Waals surface area contributed by atoms with Crippen molar-refractivity contribution in [2.45, 2.75) is 26.0 Å². The Kier molecular flexibility index (Phi) is 5.69. The third kappa shape index (κ3) is 3.93. The first-order chi connectivity index (χ1) is 15.9. The summed E-state index contributed by atoms with van der Waals surface area (Å²) in [5.74, 6) is 0.545. The Morgan fingerprint density at radius 2 is 1.97 bits per heavy atom. The second kappa shape index (κ2) is 8.53. The second-order valence-electron chi connectivity index (χ2n) is 8.49. The molecule has 0 atom stereocenters. The van der Waals surface area contributed by atoms with Crippen molar-refractivity contribution in [3.05, 3.63) is 45.7 Å². The van der Waals surface area contributed by atoms with Crippen LogP contribution < -0.4 is 5.56 Å². The molecule has 1 aromatic carbocycles. The monoisotopic (exact) mass is 472 g/mol. The summed E-state index contributed by atoms with van der Waals surface area (Å²) >= 11 is 6.29. The van der Waals surface area contributed by atoms with Crippen molar-refractivity contribution in [2.24, 2.45) is 0 Å². The van der Waals surface area contributed by atoms with Crippen LogP contribution in [0.4, 0.5) is 0 Å². The van der Waals surface area contributed by atoms with Gasteiger partial charge in [-0.25, -0.2) is 4.98 Å². The molecular weight excluding hydrogens is 448 g/mol. The lowest BCUT2D eigenvalue weighted by atomic mass is 10.1. The van der Waals surface area contributed by atoms with E-state index in [0.717, 1.165) is 30.7 Å². The van der Waals surface area contributed by atoms with Crippen molar-refractivity contribution in [1.29, 1.82) is 0 Å². The summed E-state index contributed by atoms with van der Waals surface area (Å²) in [6, 6.07) is 5.49. The number of morpholine rings is 1. The molecule has 0 N–H and O–H groups in total. The number of halogens is 1. The molecule has 1 aliphatic heterocycles. The van der Waals surface area contributed by atoms with Crippen molar-refractivity contribution >= 4 is 28.2 Å². The van der Waals surface area contributed by atoms with E-state index >= 15 is 0 Å². The molecule has 0 unspecified atom stereocenters. The largest absolute Gasteiger partial charge is 0.379 e. The maximum Gasteiger partial charge on any atom is 0.279 e. The molecule has 3 aromatic heterocycles. The highest BCUT2D eigenvalue weighted by molar-refractivity contribution is 6.31. The Bertz CT molecular complexity index is 1370. The fourth-order valence-electron chi connectivity index (χ4n) is 3.99. The number of fused-ring (bicyclic) bond motifs is 3. The Hall–Kier alpha value is -2.79. The van der Waals surface area contributed by atoms with Crippen LogP contribution in [0, 0.1) is 0 Å². The van der Waals surface area contributed by atoms with Gasteiger partial charge in [-0.2, -0.15) is 4.98 Å². The van der Waals surface area contributed by atoms with Crippen molar-refractivity contribution in [3.63, 3.8) is 0 Å². The third-order valence-corrected chi connectivity index (χ3v) is 6.36. The Balaban J connectivity index is 1.65. The molecule has 4 aromatic rings. The number of ether oxygens (including phenoxy) is 2. The molecule has 0 amide bonds. The fraction of sp³-hybridized carbons (Fsp3) is 0.455. The van der Waals surface area contributed by atoms with E-state index in [1.165, 1.54) is 0 Å². The van der Waals surface area contributed by atoms with Gasteiger partial charge in [0.25, 0.3) is 11.4 Å². The first-order valence-electron chi connectivity index (χ1n) is 10.8. The Labute approximate surface area is 194 Å². The average molecular weight is 473 g/mol. The first-order valence-corrected chi connectivity index (χ1v) is 11.2. The number of hydrogen-bond acceptors (Lipinski definition) is 8. The van der Waals surface area contributed by atoms with Gasteiger partial charge < -0.3 is 18.6 Å². The highest BCUT2D eigenvalue weighted by Gasteiger charge is 2.28. The van der Waals surface area contributed by atoms with Gasteiger partial charge >= 0.3 is 0 Å². The van der Waals surface area contributed by atoms with Crippen LogP contribution in [0.15, 0.2) is 33.8 Å². The molecule has 0 aliphatic carbocycles. The summed E-state index contributed by atoms with van der Waals surface area (Å²) in [4.78, 5) is 24.9. The number of nitrogens with zero attached hydrogens (tertiary/aromatic N) is 6. The second-order valence-corrected chi connectivity index (χ2v) is 8.93. The molecule has 5 rings (SSSR count). The van der Waals surface area contributed by atoms with E-state index < -0.39 is 5.60 Å². The molecule has 1 saturated heterocycles. The van der Waals surface area contributed by atoms with Crippen LogP contribution in [0.25, 0.3) is 28.1 Å². The van der Waals surface area contributed by atoms with E-state index in [2.05, 4.69) is 20.0 Å². The van der Waals surface area contributed by atoms with Crippen LogP contribution in [-0.4, -0.2) is 69.0 Å². The number of imidazole rings is 1. The van der Waals surface area contributed by atoms with Gasteiger partial charge in [0.05, 0.1) is 24.2 Å². The fourth-order valence-corrected chi connectivity index (χ4v) is 4.16. The molecule has 11 heteroatoms. The lowest BCUT2D eigenvalue weighted by molar-refractivity contribution is 0.00973. The average Bonchev–Trinajstić information content (AvgIpc) is 3.48. The summed E-state index contributed by atoms with van der Waals surface area (Å²) in [6.07, 6.45) is 1.60. The normalized spacial score (nSPS) is 15.6. The smallest absolute Gasteiger partial charge is 0.279 e. The zero-order valence-corrected chi connectivity index (χ0v) is 19.5. The summed E-state index contributed by atoms with van der Waals surface area (Å²) in [6.45, 7) is 7.97. The van der Waals surface area contributed by atoms with Gasteiger partial charge in [0, 0.05) is 38.3 Å². The maximum absolute atomic E-state index is 13.7. The molecule has 1 fully saturated rings. The number of rotatable bonds is 6. The molecule has 0 bridgehead atoms. The van der Waals surface area contributed by atoms with E-state index in [1.807, 2.05) is 26.0 Å². The number of aromatic nitrogens is 5. The van der Waals surface area contributed by atoms with Gasteiger partial charge in [-0.3, -0.25) is 14.1 Å². The van der Waals surface area contributed by atoms with Gasteiger partial charge in [-0.15, -0.1) is 0 Å². The van der Waals surface area contributed by atoms with Gasteiger partial charge in [0.1, 0.15) is 17.4 Å². The predicted octanol–water partition coefficient (Wildman–Crippen LogP) is 2.57. The zero-order chi connectivity index (χ0) is 23.2. The molecule has 4 heterocycles. The zero-order valence-electron chi connectivity index (χ0n) is 18.7. The minimum Gasteiger partial charge on any atom is -0.379 e. The van der Waals surface area contributed by atoms with Crippen LogP contribution in [-0.2, 0) is 21.6 Å². The van der Waals surface area contributed by atoms with E-state index in [4.69, 9.17) is 25.6 Å². The summed E-state index contributed by atoms with van der Waals surface area (Å²) < 4.78 is 19.8. The molecular formula is C22H25ClN6O4. The predicted molar refractivity (Wildman–Crippen MR) is 123 cm³/mol. The van der Waals surface area contributed by atoms with E-state index in [-0.39, 0.29) is 11.4 Å². The van der Waals surface area contributed by atoms with Gasteiger partial charge in [-0.1, -0.05) is 16.8 Å². The van der Waals surface area contributed by atoms with Crippen molar-refractivity contribution in [2.75, 3.05) is 40.0 Å². The summed E-state index contributed by atoms with van der Waals surface area (Å²) in [7, 11) is 1.58. The number of hydrogen-bond donors (Lipinski definition) is 0. The minimum atomic E-state index is -0.737. The Morgan fingerprint density at radius 3 is 2.73 bits per heavy atom. The SMILES string of the molecule is COC(C)(C)c1noc(-c2ncn3c2c(=O)n(CCN2CCOCC2)c2cc(Cl)ccc23)n1. The van der Waals surface area contributed by atoms with Gasteiger partial charge in [0.2, 0.25) is 5.82 Å². The van der Waals surface area contributed by atoms with E-state index in [0.29, 0.717) is 41.8 Å². The van der Waals surface area contributed by atoms with Crippen molar-refractivity contribution in [1.82, 2.24) is 29.0 Å². The highest BCUT2D eigenvalue weighted by atomic mass is 35.5. The molecule has 0 saturated carbocycles. The van der Waals surface area contributed by atoms with E-state index in [1.54, 1.807) is 28.5 Å². The minimum absolute atomic E-state index is 0.169. The highest BCUT2D eigenvalue weighted by Crippen LogP contribution is 2.27. The molecule has 33 heavy (non-hydrogen) atoms. The van der Waals surface area contributed by atoms with Gasteiger partial charge in [0.15, 0.2) is 5.69 Å². The topological polar surface area (TPSA) is 99.9 Å². The molecule has 0 radical (unpaired) electrons. The molecule has 1 aliphatic rings. The van der Waals surface area contributed by atoms with Crippen LogP contribution in [0.1, 0.15) is 19.7 Å². The molecule has 0 spiro atoms. The third-order valence-electron chi connectivity index (χ3n) is 6.12. The molecule has 174 valence electrons. The van der Waals surface area contributed by atoms with Crippen LogP contribution in [0.2, 0.25) is 5.02 Å². The Morgan fingerprint density at radius 1 is 1.18 bits per heavy atom. The molecule has 10 nitrogen and oxygen atoms in total. The quantitative estimate of drug-likeness (QED) is 0.422. The standard InChI is InChI=1S/C22H25ClN6O4/c1-22(2,31-3)21-25-19(33-26-21)17-18-20(30)28(7-6-27-8-10-32-11-9-27)16-12-14(23)4-5-15(16)29(18)13-24-17/h4-5,12-13H,6-11H2,1-3H3. The summed E-state index contributed by atoms with van der Waals surface area (Å²) in [5.41, 5.74) is 1.32. The number of benzene rings is 1. The van der Waals surface area contributed by atoms with Crippen LogP contribution in [0.5, 0.6) is 0 Å². The van der Waals surface area contributed by atoms with Gasteiger partial charge in [-0.05, 0) is 32.0 Å². The summed E-state index contributed by atoms with van der Waals surface area (Å²) in [5, 5.41) is 4.60. The van der Waals surface area contributed by atoms with Crippen LogP contribution >= 0.6 is 11.6 Å². The van der Waals surface area contributed by atoms with Crippen molar-refractivity contribution in [3.8, 4) is 11.6 Å². The number of methoxy groups -OCH3 is 1. The van der Waals surface area contributed by atoms with E-state index in [9.17, 15) is 4.79 Å². The first kappa shape index (κ1) is 22.0. The van der Waals surface area contributed by atoms with Crippen molar-refractivity contribution < 1.29 is 14.0 Å².